The van der Waals surface area contributed by atoms with Gasteiger partial charge in [-0.2, -0.15) is 132 Å². The maximum absolute atomic E-state index is 14.2. The Morgan fingerprint density at radius 1 is 0.377 bits per heavy atom. The summed E-state index contributed by atoms with van der Waals surface area (Å²) in [5.74, 6) is -0.0402. The number of hydrogen-bond acceptors (Lipinski definition) is 2. The summed E-state index contributed by atoms with van der Waals surface area (Å²) in [7, 11) is 0. The Kier molecular flexibility index (Phi) is 16.7. The number of carbonyl (C=O) groups is 2. The molecule has 0 aliphatic rings. The highest BCUT2D eigenvalue weighted by Gasteiger charge is 2.47. The van der Waals surface area contributed by atoms with Gasteiger partial charge < -0.3 is 0 Å². The molecule has 0 amide bonds. The molecule has 0 N–H and O–H groups in total. The normalized spacial score (nSPS) is 13.3. The number of hydrogen-bond donors (Lipinski definition) is 0. The Morgan fingerprint density at radius 2 is 0.623 bits per heavy atom. The van der Waals surface area contributed by atoms with E-state index >= 15 is 0 Å². The van der Waals surface area contributed by atoms with Gasteiger partial charge in [0.2, 0.25) is 23.8 Å². The van der Waals surface area contributed by atoms with Gasteiger partial charge >= 0.3 is 49.4 Å². The number of rotatable bonds is 9. The first kappa shape index (κ1) is 60.8. The lowest BCUT2D eigenvalue weighted by atomic mass is 9.12. The van der Waals surface area contributed by atoms with Crippen LogP contribution in [0.15, 0.2) is 128 Å². The average Bonchev–Trinajstić information content (AvgIpc) is 3.29. The van der Waals surface area contributed by atoms with Crippen LogP contribution in [0, 0.1) is 5.92 Å². The van der Waals surface area contributed by atoms with Crippen LogP contribution >= 0.6 is 0 Å². The van der Waals surface area contributed by atoms with Crippen molar-refractivity contribution in [3.05, 3.63) is 183 Å². The van der Waals surface area contributed by atoms with Crippen LogP contribution in [0.4, 0.5) is 105 Å². The van der Waals surface area contributed by atoms with E-state index in [0.717, 1.165) is 0 Å². The van der Waals surface area contributed by atoms with Crippen LogP contribution in [0.5, 0.6) is 0 Å². The molecule has 0 atom stereocenters. The molecule has 0 aliphatic heterocycles. The maximum Gasteiger partial charge on any atom is 0.416 e. The summed E-state index contributed by atoms with van der Waals surface area (Å²) >= 11 is 0. The molecule has 0 bridgehead atoms. The molecule has 5 aromatic carbocycles. The van der Waals surface area contributed by atoms with E-state index < -0.39 is 195 Å². The van der Waals surface area contributed by atoms with Crippen molar-refractivity contribution in [3.63, 3.8) is 0 Å². The molecule has 0 unspecified atom stereocenters. The van der Waals surface area contributed by atoms with E-state index in [0.29, 0.717) is 11.3 Å². The zero-order valence-electron chi connectivity index (χ0n) is 38.3. The molecule has 414 valence electrons. The van der Waals surface area contributed by atoms with Crippen LogP contribution in [0.2, 0.25) is 0 Å². The van der Waals surface area contributed by atoms with E-state index in [2.05, 4.69) is 0 Å². The Bertz CT molecular complexity index is 2690. The molecule has 0 fully saturated rings. The first-order valence-corrected chi connectivity index (χ1v) is 21.3. The first-order chi connectivity index (χ1) is 34.9. The van der Waals surface area contributed by atoms with Crippen molar-refractivity contribution in [2.45, 2.75) is 69.8 Å². The molecule has 1 heterocycles. The SMILES string of the molecule is CC(C)C(=O)c1cccc[n+]1CC(=O)c1ccccc1.FC(F)(F)c1cc([B-](c2cc(C(F)(F)F)cc(C(F)(F)F)c2)(c2cc(C(F)(F)F)cc(C(F)(F)F)c2)c2cc(C(F)(F)F)cc(C(F)(F)F)c2)cc(C(F)(F)F)c1. The van der Waals surface area contributed by atoms with Crippen molar-refractivity contribution in [1.82, 2.24) is 0 Å². The van der Waals surface area contributed by atoms with Crippen LogP contribution in [0.3, 0.4) is 0 Å². The van der Waals surface area contributed by atoms with Crippen LogP contribution in [0.25, 0.3) is 0 Å². The molecule has 6 aromatic rings. The second-order valence-corrected chi connectivity index (χ2v) is 17.2. The second-order valence-electron chi connectivity index (χ2n) is 17.2. The lowest BCUT2D eigenvalue weighted by Crippen LogP contribution is -2.75. The number of Topliss-reactive ketones (excluding diaryl/α,β-unsaturated/α-hetero) is 2. The predicted octanol–water partition coefficient (Wildman–Crippen LogP) is 13.9. The van der Waals surface area contributed by atoms with Gasteiger partial charge in [0.15, 0.2) is 6.20 Å². The molecule has 1 aromatic heterocycles. The van der Waals surface area contributed by atoms with Gasteiger partial charge in [-0.3, -0.25) is 9.59 Å². The quantitative estimate of drug-likeness (QED) is 0.0626. The van der Waals surface area contributed by atoms with Crippen molar-refractivity contribution in [2.24, 2.45) is 5.92 Å². The van der Waals surface area contributed by atoms with Gasteiger partial charge in [-0.15, -0.1) is 0 Å². The molecular weight excluding hydrogens is 1100 g/mol. The van der Waals surface area contributed by atoms with E-state index in [1.54, 1.807) is 29.0 Å². The third kappa shape index (κ3) is 14.1. The molecular formula is C49H30BF24NO2. The second kappa shape index (κ2) is 21.1. The summed E-state index contributed by atoms with van der Waals surface area (Å²) in [6.07, 6.45) is -53.0. The van der Waals surface area contributed by atoms with Crippen LogP contribution in [-0.4, -0.2) is 17.7 Å². The third-order valence-electron chi connectivity index (χ3n) is 11.6. The summed E-state index contributed by atoms with van der Waals surface area (Å²) in [6.45, 7) is 3.90. The third-order valence-corrected chi connectivity index (χ3v) is 11.6. The Labute approximate surface area is 417 Å². The molecule has 3 nitrogen and oxygen atoms in total. The van der Waals surface area contributed by atoms with E-state index in [9.17, 15) is 115 Å². The summed E-state index contributed by atoms with van der Waals surface area (Å²) in [4.78, 5) is 24.4. The fraction of sp³-hybridized carbons (Fsp3) is 0.245. The molecule has 6 rings (SSSR count). The number of aromatic nitrogens is 1. The summed E-state index contributed by atoms with van der Waals surface area (Å²) in [5.41, 5.74) is -29.0. The first-order valence-electron chi connectivity index (χ1n) is 21.3. The molecule has 0 aliphatic carbocycles. The topological polar surface area (TPSA) is 38.0 Å². The Hall–Kier alpha value is -7.03. The lowest BCUT2D eigenvalue weighted by molar-refractivity contribution is -0.685. The smallest absolute Gasteiger partial charge is 0.287 e. The zero-order chi connectivity index (χ0) is 58.4. The number of carbonyl (C=O) groups excluding carboxylic acids is 2. The van der Waals surface area contributed by atoms with E-state index in [1.165, 1.54) is 0 Å². The summed E-state index contributed by atoms with van der Waals surface area (Å²) in [6, 6.07) is 5.72. The van der Waals surface area contributed by atoms with Crippen molar-refractivity contribution in [3.8, 4) is 0 Å². The number of halogens is 24. The van der Waals surface area contributed by atoms with Gasteiger partial charge in [-0.1, -0.05) is 92.7 Å². The minimum Gasteiger partial charge on any atom is -0.287 e. The van der Waals surface area contributed by atoms with Crippen molar-refractivity contribution >= 4 is 39.6 Å². The fourth-order valence-corrected chi connectivity index (χ4v) is 8.07. The average molecular weight is 1130 g/mol. The van der Waals surface area contributed by atoms with Gasteiger partial charge in [0.05, 0.1) is 44.5 Å². The van der Waals surface area contributed by atoms with E-state index in [4.69, 9.17) is 0 Å². The Morgan fingerprint density at radius 3 is 0.857 bits per heavy atom. The van der Waals surface area contributed by atoms with Crippen molar-refractivity contribution in [2.75, 3.05) is 0 Å². The minimum atomic E-state index is -6.13. The molecule has 77 heavy (non-hydrogen) atoms. The molecule has 0 saturated heterocycles. The predicted molar refractivity (Wildman–Crippen MR) is 227 cm³/mol. The van der Waals surface area contributed by atoms with Gasteiger partial charge in [0, 0.05) is 23.6 Å². The fourth-order valence-electron chi connectivity index (χ4n) is 8.07. The summed E-state index contributed by atoms with van der Waals surface area (Å²) in [5, 5.41) is 0. The van der Waals surface area contributed by atoms with E-state index in [1.807, 2.05) is 44.2 Å². The summed E-state index contributed by atoms with van der Waals surface area (Å²) < 4.78 is 343. The largest absolute Gasteiger partial charge is 0.416 e. The number of alkyl halides is 24. The van der Waals surface area contributed by atoms with Crippen LogP contribution < -0.4 is 26.4 Å². The molecule has 0 saturated carbocycles. The monoisotopic (exact) mass is 1130 g/mol. The lowest BCUT2D eigenvalue weighted by Gasteiger charge is -2.46. The van der Waals surface area contributed by atoms with E-state index in [-0.39, 0.29) is 24.0 Å². The number of benzene rings is 5. The molecule has 0 radical (unpaired) electrons. The van der Waals surface area contributed by atoms with Crippen LogP contribution in [-0.2, 0) is 56.0 Å². The maximum atomic E-state index is 14.2. The highest BCUT2D eigenvalue weighted by atomic mass is 19.4. The minimum absolute atomic E-state index is 0.000365. The van der Waals surface area contributed by atoms with Crippen LogP contribution in [0.1, 0.15) is 79.2 Å². The molecule has 0 spiro atoms. The standard InChI is InChI=1S/C32H12BF24.C17H18NO2/c34-25(35,36)13-1-14(26(37,38)39)6-21(5-13)33(22-7-15(27(40,41)42)2-16(8-22)28(43,44)45,23-9-17(29(46,47)48)3-18(10-23)30(49,50)51)24-11-19(31(52,53)54)4-20(12-24)32(55,56)57;1-13(2)17(20)15-10-6-7-11-18(15)12-16(19)14-8-4-3-5-9-14/h1-12H;3-11,13H,12H2,1-2H3/q-1;+1. The van der Waals surface area contributed by atoms with Gasteiger partial charge in [-0.25, -0.2) is 0 Å². The van der Waals surface area contributed by atoms with Gasteiger partial charge in [0.25, 0.3) is 0 Å². The Balaban J connectivity index is 0.000000455. The van der Waals surface area contributed by atoms with Crippen molar-refractivity contribution in [1.29, 1.82) is 0 Å². The zero-order valence-corrected chi connectivity index (χ0v) is 38.3. The molecule has 28 heteroatoms. The van der Waals surface area contributed by atoms with Gasteiger partial charge in [-0.05, 0) is 30.3 Å². The number of ketones is 2. The number of pyridine rings is 1. The van der Waals surface area contributed by atoms with Crippen molar-refractivity contribution < 1.29 is 120 Å². The highest BCUT2D eigenvalue weighted by molar-refractivity contribution is 7.20. The number of nitrogens with zero attached hydrogens (tertiary/aromatic N) is 1. The highest BCUT2D eigenvalue weighted by Crippen LogP contribution is 2.41. The van der Waals surface area contributed by atoms with Gasteiger partial charge in [0.1, 0.15) is 6.15 Å².